The predicted octanol–water partition coefficient (Wildman–Crippen LogP) is 3.18. The first kappa shape index (κ1) is 16.3. The first-order valence-electron chi connectivity index (χ1n) is 7.10. The lowest BCUT2D eigenvalue weighted by Gasteiger charge is -2.29. The maximum absolute atomic E-state index is 14.0. The Bertz CT molecular complexity index is 458. The van der Waals surface area contributed by atoms with Crippen LogP contribution in [0.5, 0.6) is 0 Å². The van der Waals surface area contributed by atoms with Crippen molar-refractivity contribution in [3.8, 4) is 0 Å². The molecule has 0 aliphatic heterocycles. The lowest BCUT2D eigenvalue weighted by molar-refractivity contribution is 0.318. The van der Waals surface area contributed by atoms with Crippen LogP contribution >= 0.6 is 0 Å². The summed E-state index contributed by atoms with van der Waals surface area (Å²) < 4.78 is 14.0. The molecule has 20 heavy (non-hydrogen) atoms. The molecule has 1 aromatic carbocycles. The molecule has 112 valence electrons. The highest BCUT2D eigenvalue weighted by Gasteiger charge is 2.19. The Morgan fingerprint density at radius 1 is 1.35 bits per heavy atom. The standard InChI is InChI=1S/C15H24FN3O/c1-4-11(5-2)10-19(6-3)13-9-7-8-12(16)14(13)15(17)18-20/h7-9,11,20H,4-6,10H2,1-3H3,(H2,17,18). The molecule has 0 aromatic heterocycles. The zero-order valence-corrected chi connectivity index (χ0v) is 12.4. The zero-order valence-electron chi connectivity index (χ0n) is 12.4. The van der Waals surface area contributed by atoms with Crippen molar-refractivity contribution in [1.82, 2.24) is 0 Å². The number of nitrogens with two attached hydrogens (primary N) is 1. The van der Waals surface area contributed by atoms with E-state index in [0.717, 1.165) is 25.9 Å². The second-order valence-electron chi connectivity index (χ2n) is 4.84. The average molecular weight is 281 g/mol. The van der Waals surface area contributed by atoms with Gasteiger partial charge in [-0.15, -0.1) is 0 Å². The zero-order chi connectivity index (χ0) is 15.1. The van der Waals surface area contributed by atoms with E-state index in [9.17, 15) is 4.39 Å². The summed E-state index contributed by atoms with van der Waals surface area (Å²) in [4.78, 5) is 2.08. The molecule has 1 aromatic rings. The Labute approximate surface area is 120 Å². The van der Waals surface area contributed by atoms with Crippen LogP contribution in [0.4, 0.5) is 10.1 Å². The highest BCUT2D eigenvalue weighted by atomic mass is 19.1. The van der Waals surface area contributed by atoms with Gasteiger partial charge in [0.15, 0.2) is 5.84 Å². The highest BCUT2D eigenvalue weighted by molar-refractivity contribution is 6.02. The number of anilines is 1. The highest BCUT2D eigenvalue weighted by Crippen LogP contribution is 2.25. The third-order valence-electron chi connectivity index (χ3n) is 3.71. The fraction of sp³-hybridized carbons (Fsp3) is 0.533. The molecule has 5 heteroatoms. The molecule has 0 fully saturated rings. The van der Waals surface area contributed by atoms with Gasteiger partial charge in [0.1, 0.15) is 5.82 Å². The molecular formula is C15H24FN3O. The van der Waals surface area contributed by atoms with Gasteiger partial charge >= 0.3 is 0 Å². The van der Waals surface area contributed by atoms with Crippen LogP contribution < -0.4 is 10.6 Å². The van der Waals surface area contributed by atoms with Crippen molar-refractivity contribution >= 4 is 11.5 Å². The third-order valence-corrected chi connectivity index (χ3v) is 3.71. The molecule has 3 N–H and O–H groups in total. The minimum Gasteiger partial charge on any atom is -0.409 e. The number of amidine groups is 1. The number of hydrogen-bond donors (Lipinski definition) is 2. The molecule has 0 aliphatic carbocycles. The molecule has 0 amide bonds. The van der Waals surface area contributed by atoms with Crippen molar-refractivity contribution in [3.05, 3.63) is 29.6 Å². The molecule has 0 heterocycles. The van der Waals surface area contributed by atoms with E-state index in [2.05, 4.69) is 23.9 Å². The average Bonchev–Trinajstić information content (AvgIpc) is 2.47. The van der Waals surface area contributed by atoms with Crippen molar-refractivity contribution in [2.45, 2.75) is 33.6 Å². The van der Waals surface area contributed by atoms with Gasteiger partial charge in [0.2, 0.25) is 0 Å². The van der Waals surface area contributed by atoms with E-state index in [1.165, 1.54) is 6.07 Å². The van der Waals surface area contributed by atoms with Gasteiger partial charge in [-0.25, -0.2) is 4.39 Å². The van der Waals surface area contributed by atoms with Gasteiger partial charge in [-0.3, -0.25) is 0 Å². The monoisotopic (exact) mass is 281 g/mol. The Balaban J connectivity index is 3.18. The quantitative estimate of drug-likeness (QED) is 0.349. The summed E-state index contributed by atoms with van der Waals surface area (Å²) in [5.74, 6) is -0.125. The Kier molecular flexibility index (Phi) is 6.28. The Hall–Kier alpha value is -1.78. The predicted molar refractivity (Wildman–Crippen MR) is 80.9 cm³/mol. The van der Waals surface area contributed by atoms with Gasteiger partial charge in [-0.2, -0.15) is 0 Å². The second-order valence-corrected chi connectivity index (χ2v) is 4.84. The van der Waals surface area contributed by atoms with Crippen LogP contribution in [0.3, 0.4) is 0 Å². The van der Waals surface area contributed by atoms with E-state index in [-0.39, 0.29) is 11.4 Å². The van der Waals surface area contributed by atoms with Crippen LogP contribution in [0, 0.1) is 11.7 Å². The molecule has 4 nitrogen and oxygen atoms in total. The maximum Gasteiger partial charge on any atom is 0.175 e. The molecule has 0 saturated heterocycles. The van der Waals surface area contributed by atoms with Crippen molar-refractivity contribution in [2.24, 2.45) is 16.8 Å². The molecule has 0 radical (unpaired) electrons. The van der Waals surface area contributed by atoms with E-state index < -0.39 is 5.82 Å². The SMILES string of the molecule is CCC(CC)CN(CC)c1cccc(F)c1C(N)=NO. The Morgan fingerprint density at radius 3 is 2.50 bits per heavy atom. The van der Waals surface area contributed by atoms with Crippen molar-refractivity contribution in [3.63, 3.8) is 0 Å². The lowest BCUT2D eigenvalue weighted by Crippen LogP contribution is -2.31. The smallest absolute Gasteiger partial charge is 0.175 e. The molecule has 0 bridgehead atoms. The van der Waals surface area contributed by atoms with E-state index in [1.807, 2.05) is 13.0 Å². The minimum atomic E-state index is -0.471. The van der Waals surface area contributed by atoms with E-state index in [4.69, 9.17) is 10.9 Å². The fourth-order valence-electron chi connectivity index (χ4n) is 2.34. The van der Waals surface area contributed by atoms with Gasteiger partial charge < -0.3 is 15.8 Å². The first-order valence-corrected chi connectivity index (χ1v) is 7.10. The number of nitrogens with zero attached hydrogens (tertiary/aromatic N) is 2. The normalized spacial score (nSPS) is 11.9. The van der Waals surface area contributed by atoms with Crippen LogP contribution in [0.2, 0.25) is 0 Å². The topological polar surface area (TPSA) is 61.8 Å². The van der Waals surface area contributed by atoms with Gasteiger partial charge in [0.05, 0.1) is 11.3 Å². The van der Waals surface area contributed by atoms with Crippen molar-refractivity contribution < 1.29 is 9.60 Å². The van der Waals surface area contributed by atoms with Gasteiger partial charge in [-0.05, 0) is 25.0 Å². The number of benzene rings is 1. The van der Waals surface area contributed by atoms with Crippen LogP contribution in [0.1, 0.15) is 39.2 Å². The number of halogens is 1. The minimum absolute atomic E-state index is 0.169. The van der Waals surface area contributed by atoms with Crippen molar-refractivity contribution in [1.29, 1.82) is 0 Å². The Morgan fingerprint density at radius 2 is 2.00 bits per heavy atom. The molecule has 0 saturated carbocycles. The molecule has 0 spiro atoms. The van der Waals surface area contributed by atoms with Gasteiger partial charge in [0, 0.05) is 13.1 Å². The maximum atomic E-state index is 14.0. The van der Waals surface area contributed by atoms with Crippen LogP contribution in [-0.4, -0.2) is 24.1 Å². The molecule has 0 unspecified atom stereocenters. The van der Waals surface area contributed by atoms with Crippen molar-refractivity contribution in [2.75, 3.05) is 18.0 Å². The second kappa shape index (κ2) is 7.72. The first-order chi connectivity index (χ1) is 9.58. The fourth-order valence-corrected chi connectivity index (χ4v) is 2.34. The summed E-state index contributed by atoms with van der Waals surface area (Å²) in [5.41, 5.74) is 6.46. The van der Waals surface area contributed by atoms with Crippen LogP contribution in [0.25, 0.3) is 0 Å². The number of hydrogen-bond acceptors (Lipinski definition) is 3. The summed E-state index contributed by atoms with van der Waals surface area (Å²) >= 11 is 0. The molecular weight excluding hydrogens is 257 g/mol. The molecule has 0 aliphatic rings. The largest absolute Gasteiger partial charge is 0.409 e. The number of rotatable bonds is 7. The number of oxime groups is 1. The van der Waals surface area contributed by atoms with E-state index >= 15 is 0 Å². The lowest BCUT2D eigenvalue weighted by atomic mass is 10.0. The van der Waals surface area contributed by atoms with E-state index in [0.29, 0.717) is 11.6 Å². The summed E-state index contributed by atoms with van der Waals surface area (Å²) in [6.07, 6.45) is 2.14. The van der Waals surface area contributed by atoms with Crippen LogP contribution in [-0.2, 0) is 0 Å². The van der Waals surface area contributed by atoms with Crippen LogP contribution in [0.15, 0.2) is 23.4 Å². The van der Waals surface area contributed by atoms with Gasteiger partial charge in [0.25, 0.3) is 0 Å². The summed E-state index contributed by atoms with van der Waals surface area (Å²) in [7, 11) is 0. The molecule has 1 rings (SSSR count). The van der Waals surface area contributed by atoms with E-state index in [1.54, 1.807) is 6.07 Å². The summed E-state index contributed by atoms with van der Waals surface area (Å²) in [5, 5.41) is 11.8. The third kappa shape index (κ3) is 3.62. The summed E-state index contributed by atoms with van der Waals surface area (Å²) in [6, 6.07) is 4.78. The molecule has 0 atom stereocenters. The van der Waals surface area contributed by atoms with Gasteiger partial charge in [-0.1, -0.05) is 37.9 Å². The summed E-state index contributed by atoms with van der Waals surface area (Å²) in [6.45, 7) is 7.89.